The molecule has 0 radical (unpaired) electrons. The lowest BCUT2D eigenvalue weighted by Crippen LogP contribution is -2.56. The summed E-state index contributed by atoms with van der Waals surface area (Å²) in [6.45, 7) is 0. The highest BCUT2D eigenvalue weighted by atomic mass is 79.9. The number of nitrogens with one attached hydrogen (secondary N) is 1. The van der Waals surface area contributed by atoms with Crippen LogP contribution in [0.25, 0.3) is 0 Å². The predicted octanol–water partition coefficient (Wildman–Crippen LogP) is 3.05. The quantitative estimate of drug-likeness (QED) is 0.861. The maximum atomic E-state index is 12.4. The topological polar surface area (TPSA) is 55.4 Å². The van der Waals surface area contributed by atoms with Crippen LogP contribution >= 0.6 is 15.9 Å². The Balaban J connectivity index is 2.22. The van der Waals surface area contributed by atoms with E-state index < -0.39 is 5.54 Å². The first kappa shape index (κ1) is 15.0. The van der Waals surface area contributed by atoms with Crippen molar-refractivity contribution >= 4 is 27.8 Å². The molecule has 1 amide bonds. The van der Waals surface area contributed by atoms with Gasteiger partial charge in [-0.15, -0.1) is 0 Å². The van der Waals surface area contributed by atoms with Crippen LogP contribution in [0.4, 0.5) is 0 Å². The molecule has 0 aliphatic heterocycles. The summed E-state index contributed by atoms with van der Waals surface area (Å²) in [6, 6.07) is 7.18. The van der Waals surface area contributed by atoms with Crippen molar-refractivity contribution in [1.82, 2.24) is 5.32 Å². The minimum atomic E-state index is -0.876. The Labute approximate surface area is 127 Å². The molecule has 1 saturated carbocycles. The van der Waals surface area contributed by atoms with Crippen LogP contribution in [-0.4, -0.2) is 24.5 Å². The summed E-state index contributed by atoms with van der Waals surface area (Å²) in [5.41, 5.74) is -0.347. The van der Waals surface area contributed by atoms with E-state index in [1.807, 2.05) is 6.07 Å². The standard InChI is InChI=1S/C15H18BrNO3/c1-20-14(19)15(9-5-2-6-10-15)17-13(18)11-7-3-4-8-12(11)16/h3-4,7-8H,2,5-6,9-10H2,1H3,(H,17,18). The molecule has 1 fully saturated rings. The lowest BCUT2D eigenvalue weighted by atomic mass is 9.81. The lowest BCUT2D eigenvalue weighted by molar-refractivity contribution is -0.149. The van der Waals surface area contributed by atoms with Gasteiger partial charge in [0.15, 0.2) is 0 Å². The van der Waals surface area contributed by atoms with E-state index in [1.54, 1.807) is 18.2 Å². The SMILES string of the molecule is COC(=O)C1(NC(=O)c2ccccc2Br)CCCCC1. The molecular weight excluding hydrogens is 322 g/mol. The number of ether oxygens (including phenoxy) is 1. The van der Waals surface area contributed by atoms with Gasteiger partial charge in [0, 0.05) is 4.47 Å². The minimum Gasteiger partial charge on any atom is -0.467 e. The van der Waals surface area contributed by atoms with Gasteiger partial charge in [0.05, 0.1) is 12.7 Å². The average Bonchev–Trinajstić information content (AvgIpc) is 2.47. The number of carbonyl (C=O) groups excluding carboxylic acids is 2. The van der Waals surface area contributed by atoms with Crippen LogP contribution in [0.5, 0.6) is 0 Å². The van der Waals surface area contributed by atoms with Crippen LogP contribution in [-0.2, 0) is 9.53 Å². The number of rotatable bonds is 3. The van der Waals surface area contributed by atoms with E-state index >= 15 is 0 Å². The fourth-order valence-electron chi connectivity index (χ4n) is 2.66. The largest absolute Gasteiger partial charge is 0.467 e. The molecule has 1 aliphatic rings. The first-order chi connectivity index (χ1) is 9.59. The highest BCUT2D eigenvalue weighted by molar-refractivity contribution is 9.10. The van der Waals surface area contributed by atoms with Crippen LogP contribution in [0.1, 0.15) is 42.5 Å². The fraction of sp³-hybridized carbons (Fsp3) is 0.467. The van der Waals surface area contributed by atoms with E-state index in [2.05, 4.69) is 21.2 Å². The van der Waals surface area contributed by atoms with Gasteiger partial charge in [0.25, 0.3) is 5.91 Å². The van der Waals surface area contributed by atoms with Crippen molar-refractivity contribution in [3.63, 3.8) is 0 Å². The van der Waals surface area contributed by atoms with Crippen molar-refractivity contribution in [3.8, 4) is 0 Å². The van der Waals surface area contributed by atoms with Gasteiger partial charge >= 0.3 is 5.97 Å². The highest BCUT2D eigenvalue weighted by Gasteiger charge is 2.42. The van der Waals surface area contributed by atoms with Crippen molar-refractivity contribution < 1.29 is 14.3 Å². The monoisotopic (exact) mass is 339 g/mol. The second-order valence-electron chi connectivity index (χ2n) is 5.07. The maximum Gasteiger partial charge on any atom is 0.331 e. The maximum absolute atomic E-state index is 12.4. The zero-order chi connectivity index (χ0) is 14.6. The molecule has 0 unspecified atom stereocenters. The fourth-order valence-corrected chi connectivity index (χ4v) is 3.13. The number of carbonyl (C=O) groups is 2. The zero-order valence-electron chi connectivity index (χ0n) is 11.4. The summed E-state index contributed by atoms with van der Waals surface area (Å²) in [5, 5.41) is 2.90. The molecule has 2 rings (SSSR count). The van der Waals surface area contributed by atoms with Crippen molar-refractivity contribution in [3.05, 3.63) is 34.3 Å². The minimum absolute atomic E-state index is 0.246. The van der Waals surface area contributed by atoms with Crippen molar-refractivity contribution in [2.24, 2.45) is 0 Å². The third-order valence-electron chi connectivity index (χ3n) is 3.75. The Bertz CT molecular complexity index is 510. The molecule has 108 valence electrons. The Morgan fingerprint density at radius 3 is 2.45 bits per heavy atom. The molecule has 4 nitrogen and oxygen atoms in total. The molecule has 1 N–H and O–H groups in total. The first-order valence-electron chi connectivity index (χ1n) is 6.74. The van der Waals surface area contributed by atoms with Crippen molar-refractivity contribution in [2.45, 2.75) is 37.6 Å². The van der Waals surface area contributed by atoms with E-state index in [-0.39, 0.29) is 11.9 Å². The Morgan fingerprint density at radius 1 is 1.20 bits per heavy atom. The van der Waals surface area contributed by atoms with Gasteiger partial charge in [-0.1, -0.05) is 31.4 Å². The van der Waals surface area contributed by atoms with Crippen LogP contribution in [0.15, 0.2) is 28.7 Å². The molecule has 0 bridgehead atoms. The van der Waals surface area contributed by atoms with Gasteiger partial charge in [0.2, 0.25) is 0 Å². The number of hydrogen-bond donors (Lipinski definition) is 1. The van der Waals surface area contributed by atoms with E-state index in [0.29, 0.717) is 22.9 Å². The van der Waals surface area contributed by atoms with Gasteiger partial charge in [0.1, 0.15) is 5.54 Å². The van der Waals surface area contributed by atoms with E-state index in [9.17, 15) is 9.59 Å². The second kappa shape index (κ2) is 6.39. The third-order valence-corrected chi connectivity index (χ3v) is 4.45. The number of hydrogen-bond acceptors (Lipinski definition) is 3. The molecule has 0 heterocycles. The predicted molar refractivity (Wildman–Crippen MR) is 79.4 cm³/mol. The Morgan fingerprint density at radius 2 is 1.85 bits per heavy atom. The average molecular weight is 340 g/mol. The molecule has 0 spiro atoms. The molecule has 0 atom stereocenters. The lowest BCUT2D eigenvalue weighted by Gasteiger charge is -2.35. The Kier molecular flexibility index (Phi) is 4.81. The summed E-state index contributed by atoms with van der Waals surface area (Å²) in [7, 11) is 1.36. The summed E-state index contributed by atoms with van der Waals surface area (Å²) in [5.74, 6) is -0.595. The molecule has 1 aliphatic carbocycles. The van der Waals surface area contributed by atoms with Gasteiger partial charge in [-0.05, 0) is 40.9 Å². The summed E-state index contributed by atoms with van der Waals surface area (Å²) < 4.78 is 5.61. The summed E-state index contributed by atoms with van der Waals surface area (Å²) >= 11 is 3.36. The molecular formula is C15H18BrNO3. The second-order valence-corrected chi connectivity index (χ2v) is 5.92. The van der Waals surface area contributed by atoms with Gasteiger partial charge in [-0.2, -0.15) is 0 Å². The van der Waals surface area contributed by atoms with Crippen LogP contribution in [0.2, 0.25) is 0 Å². The van der Waals surface area contributed by atoms with Gasteiger partial charge < -0.3 is 10.1 Å². The summed E-state index contributed by atoms with van der Waals surface area (Å²) in [4.78, 5) is 24.5. The molecule has 5 heteroatoms. The Hall–Kier alpha value is -1.36. The van der Waals surface area contributed by atoms with E-state index in [4.69, 9.17) is 4.74 Å². The highest BCUT2D eigenvalue weighted by Crippen LogP contribution is 2.30. The molecule has 20 heavy (non-hydrogen) atoms. The van der Waals surface area contributed by atoms with Gasteiger partial charge in [-0.25, -0.2) is 4.79 Å². The zero-order valence-corrected chi connectivity index (χ0v) is 13.0. The molecule has 0 aromatic heterocycles. The first-order valence-corrected chi connectivity index (χ1v) is 7.54. The van der Waals surface area contributed by atoms with Gasteiger partial charge in [-0.3, -0.25) is 4.79 Å². The van der Waals surface area contributed by atoms with Crippen LogP contribution < -0.4 is 5.32 Å². The number of benzene rings is 1. The van der Waals surface area contributed by atoms with E-state index in [1.165, 1.54) is 7.11 Å². The normalized spacial score (nSPS) is 17.3. The van der Waals surface area contributed by atoms with Crippen molar-refractivity contribution in [2.75, 3.05) is 7.11 Å². The number of halogens is 1. The van der Waals surface area contributed by atoms with Crippen molar-refractivity contribution in [1.29, 1.82) is 0 Å². The number of amides is 1. The third kappa shape index (κ3) is 3.03. The smallest absolute Gasteiger partial charge is 0.331 e. The summed E-state index contributed by atoms with van der Waals surface area (Å²) in [6.07, 6.45) is 4.20. The number of methoxy groups -OCH3 is 1. The van der Waals surface area contributed by atoms with Crippen LogP contribution in [0, 0.1) is 0 Å². The number of esters is 1. The molecule has 0 saturated heterocycles. The van der Waals surface area contributed by atoms with Crippen LogP contribution in [0.3, 0.4) is 0 Å². The van der Waals surface area contributed by atoms with E-state index in [0.717, 1.165) is 19.3 Å². The molecule has 1 aromatic rings. The molecule has 1 aromatic carbocycles.